The summed E-state index contributed by atoms with van der Waals surface area (Å²) in [6.45, 7) is 2.47. The zero-order valence-electron chi connectivity index (χ0n) is 5.63. The average Bonchev–Trinajstić information content (AvgIpc) is 2.45. The molecule has 2 aliphatic heterocycles. The van der Waals surface area contributed by atoms with Crippen LogP contribution in [0.4, 0.5) is 0 Å². The molecule has 2 heterocycles. The monoisotopic (exact) mass is 144 g/mol. The predicted molar refractivity (Wildman–Crippen MR) is 40.4 cm³/mol. The Bertz CT molecular complexity index is 118. The molecule has 9 heavy (non-hydrogen) atoms. The van der Waals surface area contributed by atoms with Gasteiger partial charge >= 0.3 is 0 Å². The Balaban J connectivity index is 2.01. The summed E-state index contributed by atoms with van der Waals surface area (Å²) in [5, 5.41) is 3.47. The Hall–Kier alpha value is 0.270. The van der Waals surface area contributed by atoms with Gasteiger partial charge < -0.3 is 5.32 Å². The Morgan fingerprint density at radius 2 is 2.56 bits per heavy atom. The molecule has 0 saturated carbocycles. The van der Waals surface area contributed by atoms with Crippen LogP contribution in [0.5, 0.6) is 0 Å². The maximum Gasteiger partial charge on any atom is 0.0343 e. The molecule has 1 N–H and O–H groups in total. The molecule has 0 radical (unpaired) electrons. The lowest BCUT2D eigenvalue weighted by molar-refractivity contribution is 0.386. The quantitative estimate of drug-likeness (QED) is 0.533. The van der Waals surface area contributed by atoms with Crippen LogP contribution in [-0.4, -0.2) is 35.7 Å². The van der Waals surface area contributed by atoms with Gasteiger partial charge in [0.15, 0.2) is 0 Å². The van der Waals surface area contributed by atoms with Gasteiger partial charge in [-0.1, -0.05) is 11.9 Å². The van der Waals surface area contributed by atoms with Crippen molar-refractivity contribution in [3.63, 3.8) is 0 Å². The molecule has 2 unspecified atom stereocenters. The molecule has 2 rings (SSSR count). The highest BCUT2D eigenvalue weighted by Gasteiger charge is 2.36. The van der Waals surface area contributed by atoms with Crippen LogP contribution in [-0.2, 0) is 0 Å². The zero-order chi connectivity index (χ0) is 6.27. The molecule has 2 nitrogen and oxygen atoms in total. The minimum absolute atomic E-state index is 0.808. The first kappa shape index (κ1) is 6.01. The van der Waals surface area contributed by atoms with Crippen LogP contribution in [0, 0.1) is 0 Å². The summed E-state index contributed by atoms with van der Waals surface area (Å²) in [5.74, 6) is 0. The van der Waals surface area contributed by atoms with Crippen molar-refractivity contribution in [2.75, 3.05) is 19.3 Å². The number of fused-ring (bicyclic) bond motifs is 2. The lowest BCUT2D eigenvalue weighted by atomic mass is 10.2. The summed E-state index contributed by atoms with van der Waals surface area (Å²) < 4.78 is 2.49. The summed E-state index contributed by atoms with van der Waals surface area (Å²) >= 11 is 1.89. The Morgan fingerprint density at radius 3 is 2.89 bits per heavy atom. The van der Waals surface area contributed by atoms with E-state index in [1.807, 2.05) is 11.9 Å². The molecule has 52 valence electrons. The topological polar surface area (TPSA) is 15.3 Å². The highest BCUT2D eigenvalue weighted by atomic mass is 32.2. The SMILES string of the molecule is CSN1CC2CC1CN2. The Labute approximate surface area is 60.1 Å². The van der Waals surface area contributed by atoms with E-state index in [-0.39, 0.29) is 0 Å². The summed E-state index contributed by atoms with van der Waals surface area (Å²) in [5.41, 5.74) is 0. The summed E-state index contributed by atoms with van der Waals surface area (Å²) in [4.78, 5) is 0. The summed E-state index contributed by atoms with van der Waals surface area (Å²) in [7, 11) is 0. The van der Waals surface area contributed by atoms with E-state index in [9.17, 15) is 0 Å². The number of hydrogen-bond acceptors (Lipinski definition) is 3. The minimum Gasteiger partial charge on any atom is -0.311 e. The summed E-state index contributed by atoms with van der Waals surface area (Å²) in [6.07, 6.45) is 3.54. The van der Waals surface area contributed by atoms with Crippen LogP contribution in [0.3, 0.4) is 0 Å². The van der Waals surface area contributed by atoms with Crippen LogP contribution in [0.2, 0.25) is 0 Å². The molecule has 0 spiro atoms. The number of rotatable bonds is 1. The molecular formula is C6H12N2S. The third-order valence-corrected chi connectivity index (χ3v) is 3.16. The van der Waals surface area contributed by atoms with Crippen molar-refractivity contribution in [2.45, 2.75) is 18.5 Å². The molecule has 2 aliphatic rings. The minimum atomic E-state index is 0.808. The van der Waals surface area contributed by atoms with Gasteiger partial charge in [-0.05, 0) is 12.7 Å². The lowest BCUT2D eigenvalue weighted by Gasteiger charge is -2.23. The molecule has 2 atom stereocenters. The second-order valence-corrected chi connectivity index (χ2v) is 3.61. The van der Waals surface area contributed by atoms with E-state index in [1.54, 1.807) is 0 Å². The lowest BCUT2D eigenvalue weighted by Crippen LogP contribution is -2.39. The van der Waals surface area contributed by atoms with Crippen LogP contribution in [0.25, 0.3) is 0 Å². The van der Waals surface area contributed by atoms with Crippen molar-refractivity contribution in [3.05, 3.63) is 0 Å². The first-order chi connectivity index (χ1) is 4.40. The van der Waals surface area contributed by atoms with Gasteiger partial charge in [0.05, 0.1) is 0 Å². The molecule has 0 aromatic carbocycles. The average molecular weight is 144 g/mol. The van der Waals surface area contributed by atoms with Crippen molar-refractivity contribution >= 4 is 11.9 Å². The first-order valence-electron chi connectivity index (χ1n) is 3.44. The van der Waals surface area contributed by atoms with Crippen LogP contribution < -0.4 is 5.32 Å². The maximum atomic E-state index is 3.47. The van der Waals surface area contributed by atoms with E-state index < -0.39 is 0 Å². The molecule has 0 aromatic rings. The standard InChI is InChI=1S/C6H12N2S/c1-9-8-4-5-2-6(8)3-7-5/h5-7H,2-4H2,1H3. The van der Waals surface area contributed by atoms with Gasteiger partial charge in [-0.3, -0.25) is 0 Å². The second-order valence-electron chi connectivity index (χ2n) is 2.78. The number of nitrogens with one attached hydrogen (secondary N) is 1. The largest absolute Gasteiger partial charge is 0.311 e. The second kappa shape index (κ2) is 2.15. The van der Waals surface area contributed by atoms with E-state index in [1.165, 1.54) is 19.5 Å². The highest BCUT2D eigenvalue weighted by Crippen LogP contribution is 2.27. The van der Waals surface area contributed by atoms with E-state index in [0.717, 1.165) is 12.1 Å². The van der Waals surface area contributed by atoms with Crippen molar-refractivity contribution < 1.29 is 0 Å². The van der Waals surface area contributed by atoms with Crippen LogP contribution >= 0.6 is 11.9 Å². The van der Waals surface area contributed by atoms with Crippen LogP contribution in [0.15, 0.2) is 0 Å². The molecule has 0 aromatic heterocycles. The van der Waals surface area contributed by atoms with Gasteiger partial charge in [-0.15, -0.1) is 0 Å². The fourth-order valence-corrected chi connectivity index (χ4v) is 2.53. The molecule has 2 bridgehead atoms. The normalized spacial score (nSPS) is 42.3. The van der Waals surface area contributed by atoms with E-state index in [2.05, 4.69) is 15.9 Å². The molecule has 2 fully saturated rings. The van der Waals surface area contributed by atoms with Crippen molar-refractivity contribution in [3.8, 4) is 0 Å². The molecule has 0 aliphatic carbocycles. The van der Waals surface area contributed by atoms with Gasteiger partial charge in [0.25, 0.3) is 0 Å². The van der Waals surface area contributed by atoms with Gasteiger partial charge in [-0.25, -0.2) is 4.31 Å². The number of hydrogen-bond donors (Lipinski definition) is 1. The van der Waals surface area contributed by atoms with Crippen molar-refractivity contribution in [1.82, 2.24) is 9.62 Å². The van der Waals surface area contributed by atoms with Gasteiger partial charge in [0.2, 0.25) is 0 Å². The van der Waals surface area contributed by atoms with Gasteiger partial charge in [0.1, 0.15) is 0 Å². The number of piperazine rings is 1. The molecular weight excluding hydrogens is 132 g/mol. The third kappa shape index (κ3) is 0.876. The van der Waals surface area contributed by atoms with E-state index in [0.29, 0.717) is 0 Å². The predicted octanol–water partition coefficient (Wildman–Crippen LogP) is 0.311. The smallest absolute Gasteiger partial charge is 0.0343 e. The molecule has 0 amide bonds. The van der Waals surface area contributed by atoms with Crippen LogP contribution in [0.1, 0.15) is 6.42 Å². The Morgan fingerprint density at radius 1 is 1.67 bits per heavy atom. The highest BCUT2D eigenvalue weighted by molar-refractivity contribution is 7.96. The molecule has 3 heteroatoms. The zero-order valence-corrected chi connectivity index (χ0v) is 6.45. The van der Waals surface area contributed by atoms with Gasteiger partial charge in [-0.2, -0.15) is 0 Å². The Kier molecular flexibility index (Phi) is 1.43. The summed E-state index contributed by atoms with van der Waals surface area (Å²) in [6, 6.07) is 1.65. The van der Waals surface area contributed by atoms with Gasteiger partial charge in [0, 0.05) is 25.2 Å². The molecule has 2 saturated heterocycles. The van der Waals surface area contributed by atoms with Crippen molar-refractivity contribution in [2.24, 2.45) is 0 Å². The first-order valence-corrected chi connectivity index (χ1v) is 4.62. The van der Waals surface area contributed by atoms with E-state index in [4.69, 9.17) is 0 Å². The van der Waals surface area contributed by atoms with E-state index >= 15 is 0 Å². The van der Waals surface area contributed by atoms with Crippen molar-refractivity contribution in [1.29, 1.82) is 0 Å². The number of nitrogens with zero attached hydrogens (tertiary/aromatic N) is 1. The third-order valence-electron chi connectivity index (χ3n) is 2.24. The fraction of sp³-hybridized carbons (Fsp3) is 1.00. The fourth-order valence-electron chi connectivity index (χ4n) is 1.75. The maximum absolute atomic E-state index is 3.47.